The van der Waals surface area contributed by atoms with Gasteiger partial charge in [0.25, 0.3) is 12.3 Å². The summed E-state index contributed by atoms with van der Waals surface area (Å²) in [6, 6.07) is 6.87. The number of aryl methyl sites for hydroxylation is 1. The zero-order valence-electron chi connectivity index (χ0n) is 34.5. The number of aromatic nitrogens is 7. The largest absolute Gasteiger partial charge is 0.374 e. The number of hydrogen-bond acceptors (Lipinski definition) is 10. The number of rotatable bonds is 9. The van der Waals surface area contributed by atoms with Crippen molar-refractivity contribution in [3.63, 3.8) is 0 Å². The van der Waals surface area contributed by atoms with Crippen LogP contribution in [-0.2, 0) is 21.4 Å². The van der Waals surface area contributed by atoms with Gasteiger partial charge >= 0.3 is 5.69 Å². The van der Waals surface area contributed by atoms with E-state index in [-0.39, 0.29) is 53.9 Å². The first-order chi connectivity index (χ1) is 30.1. The Morgan fingerprint density at radius 1 is 1.03 bits per heavy atom. The van der Waals surface area contributed by atoms with Gasteiger partial charge in [-0.25, -0.2) is 23.1 Å². The van der Waals surface area contributed by atoms with Crippen LogP contribution in [0.4, 0.5) is 20.3 Å². The van der Waals surface area contributed by atoms with Gasteiger partial charge in [-0.1, -0.05) is 17.9 Å². The summed E-state index contributed by atoms with van der Waals surface area (Å²) in [5, 5.41) is 13.6. The number of likely N-dealkylation sites (tertiary alicyclic amines) is 1. The molecule has 0 radical (unpaired) electrons. The van der Waals surface area contributed by atoms with Crippen LogP contribution >= 0.6 is 0 Å². The number of hydrogen-bond donors (Lipinski definition) is 2. The SMILES string of the molecule is Cn1c(=O)n(C2CCC(=O)NC2=O)c2cccc(C#CCN3CCC(C[C@H]4CC[C@H](n5cc(NC(=O)c6cnn7ccc(N8C[C@H]9C[C@@H]8CO9)nc67)c(C(F)F)n5)CC4)CC3)c21. The van der Waals surface area contributed by atoms with Gasteiger partial charge in [-0.15, -0.1) is 0 Å². The molecule has 1 saturated carbocycles. The number of imide groups is 1. The molecule has 5 fully saturated rings. The molecule has 1 aliphatic carbocycles. The number of amides is 3. The van der Waals surface area contributed by atoms with Crippen LogP contribution < -0.4 is 21.2 Å². The molecule has 5 aromatic rings. The Bertz CT molecular complexity index is 2680. The summed E-state index contributed by atoms with van der Waals surface area (Å²) in [5.41, 5.74) is 1.81. The average Bonchev–Trinajstić information content (AvgIpc) is 4.12. The van der Waals surface area contributed by atoms with E-state index in [4.69, 9.17) is 9.72 Å². The number of nitrogens with one attached hydrogen (secondary N) is 2. The first-order valence-corrected chi connectivity index (χ1v) is 21.7. The Hall–Kier alpha value is -5.93. The fourth-order valence-electron chi connectivity index (χ4n) is 10.4. The monoisotopic (exact) mass is 849 g/mol. The van der Waals surface area contributed by atoms with E-state index in [1.165, 1.54) is 19.8 Å². The van der Waals surface area contributed by atoms with Crippen LogP contribution in [0.2, 0.25) is 0 Å². The summed E-state index contributed by atoms with van der Waals surface area (Å²) in [7, 11) is 1.68. The molecule has 62 heavy (non-hydrogen) atoms. The Kier molecular flexibility index (Phi) is 10.6. The summed E-state index contributed by atoms with van der Waals surface area (Å²) < 4.78 is 40.5. The number of fused-ring (bicyclic) bond motifs is 4. The average molecular weight is 850 g/mol. The van der Waals surface area contributed by atoms with Crippen LogP contribution in [-0.4, -0.2) is 101 Å². The van der Waals surface area contributed by atoms with Crippen LogP contribution in [0.15, 0.2) is 47.7 Å². The minimum atomic E-state index is -2.86. The molecule has 0 spiro atoms. The number of imidazole rings is 1. The van der Waals surface area contributed by atoms with Crippen molar-refractivity contribution in [2.45, 2.75) is 94.9 Å². The molecule has 1 unspecified atom stereocenters. The molecular formula is C44H49F2N11O5. The maximum Gasteiger partial charge on any atom is 0.329 e. The van der Waals surface area contributed by atoms with Gasteiger partial charge < -0.3 is 15.0 Å². The topological polar surface area (TPSA) is 166 Å². The molecule has 5 aliphatic rings. The number of benzene rings is 1. The Morgan fingerprint density at radius 2 is 1.84 bits per heavy atom. The molecule has 1 aromatic carbocycles. The molecule has 16 nitrogen and oxygen atoms in total. The van der Waals surface area contributed by atoms with Gasteiger partial charge in [-0.05, 0) is 101 Å². The van der Waals surface area contributed by atoms with Crippen LogP contribution in [0.1, 0.15) is 104 Å². The molecule has 4 aliphatic heterocycles. The highest BCUT2D eigenvalue weighted by Gasteiger charge is 2.40. The molecular weight excluding hydrogens is 801 g/mol. The summed E-state index contributed by atoms with van der Waals surface area (Å²) in [6.45, 7) is 3.88. The number of piperidine rings is 2. The van der Waals surface area contributed by atoms with E-state index in [1.54, 1.807) is 24.1 Å². The fraction of sp³-hybridized carbons (Fsp3) is 0.523. The van der Waals surface area contributed by atoms with Crippen LogP contribution in [0.3, 0.4) is 0 Å². The normalized spacial score (nSPS) is 24.6. The van der Waals surface area contributed by atoms with Gasteiger partial charge in [0, 0.05) is 32.4 Å². The van der Waals surface area contributed by atoms with Crippen molar-refractivity contribution in [3.05, 3.63) is 70.2 Å². The summed E-state index contributed by atoms with van der Waals surface area (Å²) in [6.07, 6.45) is 10.4. The van der Waals surface area contributed by atoms with E-state index >= 15 is 0 Å². The number of carbonyl (C=O) groups is 3. The van der Waals surface area contributed by atoms with Crippen molar-refractivity contribution in [1.82, 2.24) is 43.7 Å². The van der Waals surface area contributed by atoms with Gasteiger partial charge in [0.1, 0.15) is 17.4 Å². The van der Waals surface area contributed by atoms with E-state index in [0.29, 0.717) is 41.7 Å². The number of para-hydroxylation sites is 1. The van der Waals surface area contributed by atoms with Crippen LogP contribution in [0.5, 0.6) is 0 Å². The predicted octanol–water partition coefficient (Wildman–Crippen LogP) is 4.61. The number of anilines is 2. The highest BCUT2D eigenvalue weighted by atomic mass is 19.3. The van der Waals surface area contributed by atoms with E-state index in [0.717, 1.165) is 82.4 Å². The van der Waals surface area contributed by atoms with Crippen molar-refractivity contribution >= 4 is 45.9 Å². The van der Waals surface area contributed by atoms with Crippen molar-refractivity contribution in [2.75, 3.05) is 43.0 Å². The Labute approximate surface area is 355 Å². The smallest absolute Gasteiger partial charge is 0.329 e. The van der Waals surface area contributed by atoms with Gasteiger partial charge in [-0.3, -0.25) is 38.4 Å². The number of nitrogens with zero attached hydrogens (tertiary/aromatic N) is 9. The van der Waals surface area contributed by atoms with Gasteiger partial charge in [0.2, 0.25) is 11.8 Å². The molecule has 3 atom stereocenters. The lowest BCUT2D eigenvalue weighted by atomic mass is 9.78. The standard InChI is InChI=1S/C44H49F2N11O5/c1-52-39-28(4-2-6-34(39)57(44(52)61)35-11-12-37(58)50-43(35)60)5-3-16-53-17-13-27(14-18-53)20-26-7-9-29(10-8-26)56-24-33(38(51-56)40(45)46)48-42(59)32-22-47-55-19-15-36(49-41(32)55)54-23-31-21-30(54)25-62-31/h2,4,6,15,19,22,24,26-27,29-31,35,40H,7-14,16-18,20-21,23,25H2,1H3,(H,48,59)(H,50,58,60)/t26-,29-,30-,31-,35?/m1/s1. The molecule has 3 amide bonds. The second kappa shape index (κ2) is 16.4. The van der Waals surface area contributed by atoms with E-state index in [9.17, 15) is 28.0 Å². The summed E-state index contributed by atoms with van der Waals surface area (Å²) >= 11 is 0. The third kappa shape index (κ3) is 7.54. The van der Waals surface area contributed by atoms with Crippen LogP contribution in [0.25, 0.3) is 16.7 Å². The molecule has 324 valence electrons. The number of halogens is 2. The number of ether oxygens (including phenoxy) is 1. The van der Waals surface area contributed by atoms with Gasteiger partial charge in [0.15, 0.2) is 11.3 Å². The highest BCUT2D eigenvalue weighted by Crippen LogP contribution is 2.39. The molecule has 2 bridgehead atoms. The number of alkyl halides is 2. The molecule has 18 heteroatoms. The molecule has 4 saturated heterocycles. The molecule has 8 heterocycles. The first kappa shape index (κ1) is 40.2. The van der Waals surface area contributed by atoms with Crippen molar-refractivity contribution in [3.8, 4) is 11.8 Å². The Morgan fingerprint density at radius 3 is 2.58 bits per heavy atom. The van der Waals surface area contributed by atoms with Gasteiger partial charge in [0.05, 0.1) is 59.8 Å². The highest BCUT2D eigenvalue weighted by molar-refractivity contribution is 6.08. The fourth-order valence-corrected chi connectivity index (χ4v) is 10.4. The first-order valence-electron chi connectivity index (χ1n) is 21.7. The number of carbonyl (C=O) groups excluding carboxylic acids is 3. The zero-order chi connectivity index (χ0) is 42.6. The maximum atomic E-state index is 14.3. The second-order valence-corrected chi connectivity index (χ2v) is 17.6. The third-order valence-corrected chi connectivity index (χ3v) is 13.7. The van der Waals surface area contributed by atoms with E-state index in [1.807, 2.05) is 24.3 Å². The third-order valence-electron chi connectivity index (χ3n) is 13.7. The number of morpholine rings is 1. The van der Waals surface area contributed by atoms with Crippen LogP contribution in [0, 0.1) is 23.7 Å². The zero-order valence-corrected chi connectivity index (χ0v) is 34.5. The molecule has 4 aromatic heterocycles. The Balaban J connectivity index is 0.718. The predicted molar refractivity (Wildman–Crippen MR) is 224 cm³/mol. The lowest BCUT2D eigenvalue weighted by Crippen LogP contribution is -2.44. The minimum absolute atomic E-state index is 0.000353. The van der Waals surface area contributed by atoms with Gasteiger partial charge in [-0.2, -0.15) is 10.2 Å². The lowest BCUT2D eigenvalue weighted by Gasteiger charge is -2.35. The van der Waals surface area contributed by atoms with Crippen molar-refractivity contribution in [2.24, 2.45) is 18.9 Å². The lowest BCUT2D eigenvalue weighted by molar-refractivity contribution is -0.135. The quantitative estimate of drug-likeness (QED) is 0.158. The summed E-state index contributed by atoms with van der Waals surface area (Å²) in [4.78, 5) is 60.5. The summed E-state index contributed by atoms with van der Waals surface area (Å²) in [5.74, 6) is 7.15. The van der Waals surface area contributed by atoms with E-state index < -0.39 is 30.0 Å². The molecule has 10 rings (SSSR count). The minimum Gasteiger partial charge on any atom is -0.374 e. The van der Waals surface area contributed by atoms with Crippen molar-refractivity contribution < 1.29 is 27.9 Å². The second-order valence-electron chi connectivity index (χ2n) is 17.6. The molecule has 2 N–H and O–H groups in total. The van der Waals surface area contributed by atoms with E-state index in [2.05, 4.69) is 42.5 Å². The van der Waals surface area contributed by atoms with Crippen molar-refractivity contribution in [1.29, 1.82) is 0 Å². The maximum absolute atomic E-state index is 14.3.